The molecule has 0 radical (unpaired) electrons. The summed E-state index contributed by atoms with van der Waals surface area (Å²) in [5, 5.41) is 2.91. The molecule has 1 aliphatic rings. The molecule has 1 aromatic carbocycles. The van der Waals surface area contributed by atoms with Crippen molar-refractivity contribution in [1.29, 1.82) is 0 Å². The quantitative estimate of drug-likeness (QED) is 0.902. The molecule has 92 valence electrons. The van der Waals surface area contributed by atoms with Crippen LogP contribution in [0.5, 0.6) is 0 Å². The highest BCUT2D eigenvalue weighted by molar-refractivity contribution is 6.33. The van der Waals surface area contributed by atoms with E-state index in [1.165, 1.54) is 12.1 Å². The Bertz CT molecular complexity index is 419. The number of amides is 1. The van der Waals surface area contributed by atoms with Gasteiger partial charge in [-0.15, -0.1) is 0 Å². The molecule has 17 heavy (non-hydrogen) atoms. The van der Waals surface area contributed by atoms with Crippen LogP contribution in [0.1, 0.15) is 16.8 Å². The van der Waals surface area contributed by atoms with Gasteiger partial charge in [0.25, 0.3) is 5.91 Å². The molecule has 1 atom stereocenters. The van der Waals surface area contributed by atoms with Crippen molar-refractivity contribution in [3.8, 4) is 0 Å². The lowest BCUT2D eigenvalue weighted by atomic mass is 10.1. The number of nitrogens with one attached hydrogen (secondary N) is 1. The molecule has 1 N–H and O–H groups in total. The first-order chi connectivity index (χ1) is 8.16. The minimum Gasteiger partial charge on any atom is -0.381 e. The van der Waals surface area contributed by atoms with E-state index < -0.39 is 5.82 Å². The smallest absolute Gasteiger partial charge is 0.252 e. The molecule has 1 aromatic rings. The van der Waals surface area contributed by atoms with E-state index in [0.717, 1.165) is 19.1 Å². The fourth-order valence-corrected chi connectivity index (χ4v) is 2.00. The third-order valence-electron chi connectivity index (χ3n) is 2.75. The molecule has 2 rings (SSSR count). The average molecular weight is 258 g/mol. The van der Waals surface area contributed by atoms with Crippen LogP contribution in [0, 0.1) is 11.7 Å². The maximum Gasteiger partial charge on any atom is 0.252 e. The van der Waals surface area contributed by atoms with E-state index in [-0.39, 0.29) is 10.9 Å². The van der Waals surface area contributed by atoms with Gasteiger partial charge < -0.3 is 10.1 Å². The van der Waals surface area contributed by atoms with E-state index in [4.69, 9.17) is 16.3 Å². The lowest BCUT2D eigenvalue weighted by Crippen LogP contribution is -2.29. The van der Waals surface area contributed by atoms with Crippen LogP contribution in [0.2, 0.25) is 5.02 Å². The Balaban J connectivity index is 1.94. The second kappa shape index (κ2) is 5.47. The Morgan fingerprint density at radius 3 is 3.06 bits per heavy atom. The standard InChI is InChI=1S/C12H13ClFNO2/c13-11-5-9(14)1-2-10(11)12(16)15-6-8-3-4-17-7-8/h1-2,5,8H,3-4,6-7H2,(H,15,16). The summed E-state index contributed by atoms with van der Waals surface area (Å²) in [6.45, 7) is 1.99. The van der Waals surface area contributed by atoms with Gasteiger partial charge >= 0.3 is 0 Å². The molecular formula is C12H13ClFNO2. The molecule has 0 aromatic heterocycles. The minimum absolute atomic E-state index is 0.130. The summed E-state index contributed by atoms with van der Waals surface area (Å²) in [4.78, 5) is 11.8. The van der Waals surface area contributed by atoms with Crippen LogP contribution in [0.15, 0.2) is 18.2 Å². The number of carbonyl (C=O) groups is 1. The second-order valence-electron chi connectivity index (χ2n) is 4.06. The van der Waals surface area contributed by atoms with Crippen LogP contribution in [0.4, 0.5) is 4.39 Å². The van der Waals surface area contributed by atoms with Crippen molar-refractivity contribution in [1.82, 2.24) is 5.32 Å². The van der Waals surface area contributed by atoms with Crippen LogP contribution in [-0.2, 0) is 4.74 Å². The maximum absolute atomic E-state index is 12.8. The first-order valence-electron chi connectivity index (χ1n) is 5.48. The zero-order valence-electron chi connectivity index (χ0n) is 9.21. The van der Waals surface area contributed by atoms with Crippen molar-refractivity contribution in [3.05, 3.63) is 34.6 Å². The molecular weight excluding hydrogens is 245 g/mol. The highest BCUT2D eigenvalue weighted by atomic mass is 35.5. The van der Waals surface area contributed by atoms with E-state index in [0.29, 0.717) is 24.6 Å². The minimum atomic E-state index is -0.448. The fraction of sp³-hybridized carbons (Fsp3) is 0.417. The van der Waals surface area contributed by atoms with E-state index in [1.807, 2.05) is 0 Å². The summed E-state index contributed by atoms with van der Waals surface area (Å²) in [6, 6.07) is 3.74. The summed E-state index contributed by atoms with van der Waals surface area (Å²) >= 11 is 5.79. The van der Waals surface area contributed by atoms with Gasteiger partial charge in [0.15, 0.2) is 0 Å². The number of halogens is 2. The molecule has 1 fully saturated rings. The fourth-order valence-electron chi connectivity index (χ4n) is 1.75. The summed E-state index contributed by atoms with van der Waals surface area (Å²) in [6.07, 6.45) is 0.956. The number of ether oxygens (including phenoxy) is 1. The third kappa shape index (κ3) is 3.17. The molecule has 1 saturated heterocycles. The second-order valence-corrected chi connectivity index (χ2v) is 4.47. The molecule has 0 saturated carbocycles. The Hall–Kier alpha value is -1.13. The Labute approximate surface area is 104 Å². The van der Waals surface area contributed by atoms with Crippen molar-refractivity contribution in [2.45, 2.75) is 6.42 Å². The number of hydrogen-bond acceptors (Lipinski definition) is 2. The van der Waals surface area contributed by atoms with Gasteiger partial charge in [-0.1, -0.05) is 11.6 Å². The summed E-state index contributed by atoms with van der Waals surface area (Å²) in [5.41, 5.74) is 0.298. The largest absolute Gasteiger partial charge is 0.381 e. The molecule has 0 bridgehead atoms. The molecule has 1 amide bonds. The van der Waals surface area contributed by atoms with Crippen molar-refractivity contribution in [2.24, 2.45) is 5.92 Å². The van der Waals surface area contributed by atoms with Gasteiger partial charge in [-0.05, 0) is 24.6 Å². The van der Waals surface area contributed by atoms with Crippen LogP contribution >= 0.6 is 11.6 Å². The van der Waals surface area contributed by atoms with Crippen molar-refractivity contribution in [2.75, 3.05) is 19.8 Å². The highest BCUT2D eigenvalue weighted by Gasteiger charge is 2.17. The first-order valence-corrected chi connectivity index (χ1v) is 5.85. The molecule has 3 nitrogen and oxygen atoms in total. The molecule has 5 heteroatoms. The van der Waals surface area contributed by atoms with E-state index in [1.54, 1.807) is 0 Å². The Morgan fingerprint density at radius 2 is 2.41 bits per heavy atom. The van der Waals surface area contributed by atoms with Crippen LogP contribution in [0.25, 0.3) is 0 Å². The monoisotopic (exact) mass is 257 g/mol. The van der Waals surface area contributed by atoms with Gasteiger partial charge in [0.1, 0.15) is 5.82 Å². The van der Waals surface area contributed by atoms with Gasteiger partial charge in [-0.3, -0.25) is 4.79 Å². The lowest BCUT2D eigenvalue weighted by molar-refractivity contribution is 0.0945. The zero-order chi connectivity index (χ0) is 12.3. The summed E-state index contributed by atoms with van der Waals surface area (Å²) in [5.74, 6) is -0.365. The highest BCUT2D eigenvalue weighted by Crippen LogP contribution is 2.17. The van der Waals surface area contributed by atoms with Gasteiger partial charge in [-0.2, -0.15) is 0 Å². The number of hydrogen-bond donors (Lipinski definition) is 1. The lowest BCUT2D eigenvalue weighted by Gasteiger charge is -2.10. The Morgan fingerprint density at radius 1 is 1.59 bits per heavy atom. The topological polar surface area (TPSA) is 38.3 Å². The predicted molar refractivity (Wildman–Crippen MR) is 62.7 cm³/mol. The summed E-state index contributed by atoms with van der Waals surface area (Å²) in [7, 11) is 0. The van der Waals surface area contributed by atoms with Crippen molar-refractivity contribution < 1.29 is 13.9 Å². The summed E-state index contributed by atoms with van der Waals surface area (Å²) < 4.78 is 18.0. The molecule has 1 unspecified atom stereocenters. The molecule has 1 heterocycles. The van der Waals surface area contributed by atoms with Crippen LogP contribution < -0.4 is 5.32 Å². The molecule has 1 aliphatic heterocycles. The van der Waals surface area contributed by atoms with Gasteiger partial charge in [0.2, 0.25) is 0 Å². The van der Waals surface area contributed by atoms with Crippen molar-refractivity contribution in [3.63, 3.8) is 0 Å². The van der Waals surface area contributed by atoms with Crippen LogP contribution in [0.3, 0.4) is 0 Å². The van der Waals surface area contributed by atoms with Crippen molar-refractivity contribution >= 4 is 17.5 Å². The van der Waals surface area contributed by atoms with E-state index in [9.17, 15) is 9.18 Å². The molecule has 0 spiro atoms. The first kappa shape index (κ1) is 12.3. The maximum atomic E-state index is 12.8. The predicted octanol–water partition coefficient (Wildman–Crippen LogP) is 2.25. The zero-order valence-corrected chi connectivity index (χ0v) is 9.97. The van der Waals surface area contributed by atoms with E-state index in [2.05, 4.69) is 5.32 Å². The van der Waals surface area contributed by atoms with Gasteiger partial charge in [0, 0.05) is 19.1 Å². The van der Waals surface area contributed by atoms with E-state index >= 15 is 0 Å². The molecule has 0 aliphatic carbocycles. The third-order valence-corrected chi connectivity index (χ3v) is 3.06. The number of benzene rings is 1. The van der Waals surface area contributed by atoms with Gasteiger partial charge in [0.05, 0.1) is 17.2 Å². The average Bonchev–Trinajstić information content (AvgIpc) is 2.78. The Kier molecular flexibility index (Phi) is 3.97. The normalized spacial score (nSPS) is 19.3. The SMILES string of the molecule is O=C(NCC1CCOC1)c1ccc(F)cc1Cl. The number of carbonyl (C=O) groups excluding carboxylic acids is 1. The van der Waals surface area contributed by atoms with Gasteiger partial charge in [-0.25, -0.2) is 4.39 Å². The van der Waals surface area contributed by atoms with Crippen LogP contribution in [-0.4, -0.2) is 25.7 Å². The number of rotatable bonds is 3.